The Balaban J connectivity index is 1.92. The van der Waals surface area contributed by atoms with E-state index in [2.05, 4.69) is 21.2 Å². The van der Waals surface area contributed by atoms with Gasteiger partial charge in [0.2, 0.25) is 0 Å². The van der Waals surface area contributed by atoms with Crippen LogP contribution in [0.15, 0.2) is 28.1 Å². The summed E-state index contributed by atoms with van der Waals surface area (Å²) in [6.45, 7) is 0.276. The van der Waals surface area contributed by atoms with E-state index in [0.29, 0.717) is 11.3 Å². The fourth-order valence-electron chi connectivity index (χ4n) is 1.81. The molecule has 0 fully saturated rings. The van der Waals surface area contributed by atoms with Crippen LogP contribution in [0.3, 0.4) is 0 Å². The lowest BCUT2D eigenvalue weighted by Gasteiger charge is -2.27. The molecule has 1 atom stereocenters. The number of rotatable bonds is 3. The van der Waals surface area contributed by atoms with Crippen LogP contribution in [-0.4, -0.2) is 23.2 Å². The molecule has 1 aromatic heterocycles. The maximum atomic E-state index is 11.8. The van der Waals surface area contributed by atoms with E-state index in [1.807, 2.05) is 11.5 Å². The van der Waals surface area contributed by atoms with E-state index in [9.17, 15) is 9.90 Å². The molecule has 5 heteroatoms. The molecular weight excluding hydrogens is 302 g/mol. The van der Waals surface area contributed by atoms with E-state index in [-0.39, 0.29) is 12.5 Å². The number of nitrogens with one attached hydrogen (secondary N) is 1. The highest BCUT2D eigenvalue weighted by atomic mass is 79.9. The highest BCUT2D eigenvalue weighted by Gasteiger charge is 2.26. The summed E-state index contributed by atoms with van der Waals surface area (Å²) in [7, 11) is 0. The largest absolute Gasteiger partial charge is 0.384 e. The summed E-state index contributed by atoms with van der Waals surface area (Å²) in [5, 5.41) is 14.8. The number of amides is 1. The number of carbonyl (C=O) groups is 1. The highest BCUT2D eigenvalue weighted by Crippen LogP contribution is 2.22. The Morgan fingerprint density at radius 1 is 1.65 bits per heavy atom. The third kappa shape index (κ3) is 3.40. The van der Waals surface area contributed by atoms with Crippen molar-refractivity contribution < 1.29 is 9.90 Å². The van der Waals surface area contributed by atoms with Crippen molar-refractivity contribution in [1.29, 1.82) is 0 Å². The smallest absolute Gasteiger partial charge is 0.261 e. The lowest BCUT2D eigenvalue weighted by molar-refractivity contribution is 0.0662. The number of hydrogen-bond acceptors (Lipinski definition) is 3. The first-order valence-electron chi connectivity index (χ1n) is 5.51. The average Bonchev–Trinajstić information content (AvgIpc) is 2.74. The Morgan fingerprint density at radius 3 is 3.06 bits per heavy atom. The van der Waals surface area contributed by atoms with Crippen LogP contribution >= 0.6 is 27.3 Å². The van der Waals surface area contributed by atoms with Crippen molar-refractivity contribution in [2.45, 2.75) is 24.9 Å². The Labute approximate surface area is 113 Å². The summed E-state index contributed by atoms with van der Waals surface area (Å²) in [5.74, 6) is -0.131. The minimum absolute atomic E-state index is 0.131. The molecule has 0 saturated heterocycles. The molecule has 0 spiro atoms. The fraction of sp³-hybridized carbons (Fsp3) is 0.417. The number of hydrogen-bond donors (Lipinski definition) is 2. The van der Waals surface area contributed by atoms with Gasteiger partial charge < -0.3 is 10.4 Å². The molecule has 2 rings (SSSR count). The topological polar surface area (TPSA) is 49.3 Å². The van der Waals surface area contributed by atoms with Gasteiger partial charge in [-0.15, -0.1) is 11.3 Å². The van der Waals surface area contributed by atoms with Gasteiger partial charge in [0.25, 0.3) is 5.91 Å². The molecule has 92 valence electrons. The van der Waals surface area contributed by atoms with E-state index in [4.69, 9.17) is 0 Å². The predicted octanol–water partition coefficient (Wildman–Crippen LogP) is 2.71. The molecule has 1 aromatic rings. The molecule has 1 aliphatic carbocycles. The van der Waals surface area contributed by atoms with Gasteiger partial charge in [-0.05, 0) is 41.3 Å². The van der Waals surface area contributed by atoms with Crippen molar-refractivity contribution in [3.05, 3.63) is 32.9 Å². The van der Waals surface area contributed by atoms with Crippen LogP contribution in [0.4, 0.5) is 0 Å². The summed E-state index contributed by atoms with van der Waals surface area (Å²) in [6.07, 6.45) is 6.44. The summed E-state index contributed by atoms with van der Waals surface area (Å²) in [4.78, 5) is 12.4. The number of allylic oxidation sites excluding steroid dienone is 1. The number of carbonyl (C=O) groups excluding carboxylic acids is 1. The normalized spacial score (nSPS) is 23.6. The Bertz CT molecular complexity index is 443. The molecule has 1 heterocycles. The number of thiophene rings is 1. The number of halogens is 1. The average molecular weight is 316 g/mol. The predicted molar refractivity (Wildman–Crippen MR) is 72.3 cm³/mol. The fourth-order valence-corrected chi connectivity index (χ4v) is 3.15. The van der Waals surface area contributed by atoms with Crippen LogP contribution in [0.25, 0.3) is 0 Å². The van der Waals surface area contributed by atoms with Crippen molar-refractivity contribution in [2.24, 2.45) is 0 Å². The molecule has 2 N–H and O–H groups in total. The third-order valence-corrected chi connectivity index (χ3v) is 4.44. The van der Waals surface area contributed by atoms with E-state index in [1.165, 1.54) is 11.3 Å². The second kappa shape index (κ2) is 5.33. The molecule has 0 saturated carbocycles. The molecule has 1 amide bonds. The van der Waals surface area contributed by atoms with Crippen LogP contribution in [0.1, 0.15) is 28.9 Å². The SMILES string of the molecule is O=C(NCC1(O)C=CCCC1)c1cc(Br)cs1. The van der Waals surface area contributed by atoms with Gasteiger partial charge in [0, 0.05) is 9.85 Å². The van der Waals surface area contributed by atoms with Crippen LogP contribution in [0.2, 0.25) is 0 Å². The Hall–Kier alpha value is -0.650. The monoisotopic (exact) mass is 315 g/mol. The summed E-state index contributed by atoms with van der Waals surface area (Å²) in [5.41, 5.74) is -0.873. The van der Waals surface area contributed by atoms with E-state index >= 15 is 0 Å². The molecule has 1 aliphatic rings. The van der Waals surface area contributed by atoms with E-state index in [0.717, 1.165) is 17.3 Å². The maximum absolute atomic E-state index is 11.8. The second-order valence-corrected chi connectivity index (χ2v) is 6.04. The zero-order valence-corrected chi connectivity index (χ0v) is 11.7. The highest BCUT2D eigenvalue weighted by molar-refractivity contribution is 9.10. The third-order valence-electron chi connectivity index (χ3n) is 2.75. The summed E-state index contributed by atoms with van der Waals surface area (Å²) >= 11 is 4.69. The Morgan fingerprint density at radius 2 is 2.47 bits per heavy atom. The first-order chi connectivity index (χ1) is 8.09. The standard InChI is InChI=1S/C12H14BrNO2S/c13-9-6-10(17-7-9)11(15)14-8-12(16)4-2-1-3-5-12/h2,4,6-7,16H,1,3,5,8H2,(H,14,15). The van der Waals surface area contributed by atoms with Crippen LogP contribution in [-0.2, 0) is 0 Å². The van der Waals surface area contributed by atoms with Gasteiger partial charge in [-0.25, -0.2) is 0 Å². The van der Waals surface area contributed by atoms with Crippen molar-refractivity contribution >= 4 is 33.2 Å². The molecular formula is C12H14BrNO2S. The van der Waals surface area contributed by atoms with Gasteiger partial charge in [0.05, 0.1) is 17.0 Å². The van der Waals surface area contributed by atoms with Gasteiger partial charge >= 0.3 is 0 Å². The van der Waals surface area contributed by atoms with Crippen LogP contribution in [0.5, 0.6) is 0 Å². The molecule has 0 aliphatic heterocycles. The minimum atomic E-state index is -0.873. The molecule has 0 radical (unpaired) electrons. The van der Waals surface area contributed by atoms with Gasteiger partial charge in [-0.1, -0.05) is 12.2 Å². The van der Waals surface area contributed by atoms with Crippen molar-refractivity contribution in [1.82, 2.24) is 5.32 Å². The molecule has 17 heavy (non-hydrogen) atoms. The molecule has 0 bridgehead atoms. The van der Waals surface area contributed by atoms with Crippen LogP contribution < -0.4 is 5.32 Å². The molecule has 0 aromatic carbocycles. The Kier molecular flexibility index (Phi) is 4.01. The van der Waals surface area contributed by atoms with Gasteiger partial charge in [-0.2, -0.15) is 0 Å². The lowest BCUT2D eigenvalue weighted by Crippen LogP contribution is -2.42. The van der Waals surface area contributed by atoms with Crippen LogP contribution in [0, 0.1) is 0 Å². The van der Waals surface area contributed by atoms with Crippen molar-refractivity contribution in [3.8, 4) is 0 Å². The zero-order valence-electron chi connectivity index (χ0n) is 9.28. The summed E-state index contributed by atoms with van der Waals surface area (Å²) in [6, 6.07) is 1.78. The first kappa shape index (κ1) is 12.8. The first-order valence-corrected chi connectivity index (χ1v) is 7.19. The molecule has 3 nitrogen and oxygen atoms in total. The molecule has 1 unspecified atom stereocenters. The summed E-state index contributed by atoms with van der Waals surface area (Å²) < 4.78 is 0.906. The lowest BCUT2D eigenvalue weighted by atomic mass is 9.91. The van der Waals surface area contributed by atoms with Gasteiger partial charge in [0.15, 0.2) is 0 Å². The second-order valence-electron chi connectivity index (χ2n) is 4.21. The minimum Gasteiger partial charge on any atom is -0.384 e. The van der Waals surface area contributed by atoms with Crippen molar-refractivity contribution in [3.63, 3.8) is 0 Å². The van der Waals surface area contributed by atoms with Gasteiger partial charge in [-0.3, -0.25) is 4.79 Å². The van der Waals surface area contributed by atoms with Gasteiger partial charge in [0.1, 0.15) is 0 Å². The zero-order chi connectivity index (χ0) is 12.3. The maximum Gasteiger partial charge on any atom is 0.261 e. The van der Waals surface area contributed by atoms with Crippen molar-refractivity contribution in [2.75, 3.05) is 6.54 Å². The quantitative estimate of drug-likeness (QED) is 0.843. The van der Waals surface area contributed by atoms with E-state index < -0.39 is 5.60 Å². The number of aliphatic hydroxyl groups is 1. The van der Waals surface area contributed by atoms with E-state index in [1.54, 1.807) is 12.1 Å².